The third kappa shape index (κ3) is 4.90. The molecule has 10 nitrogen and oxygen atoms in total. The van der Waals surface area contributed by atoms with Crippen LogP contribution in [0.4, 0.5) is 11.6 Å². The summed E-state index contributed by atoms with van der Waals surface area (Å²) in [6, 6.07) is 12.1. The number of carboxylic acid groups (broad SMARTS) is 1. The third-order valence-corrected chi connectivity index (χ3v) is 5.26. The lowest BCUT2D eigenvalue weighted by atomic mass is 10.2. The molecule has 0 spiro atoms. The molecule has 168 valence electrons. The number of rotatable bonds is 7. The number of nitrogens with zero attached hydrogens (tertiary/aromatic N) is 5. The van der Waals surface area contributed by atoms with Crippen LogP contribution in [0.3, 0.4) is 0 Å². The van der Waals surface area contributed by atoms with Crippen molar-refractivity contribution in [3.05, 3.63) is 86.4 Å². The summed E-state index contributed by atoms with van der Waals surface area (Å²) in [6.45, 7) is 1.20. The van der Waals surface area contributed by atoms with Gasteiger partial charge in [0.2, 0.25) is 5.95 Å². The van der Waals surface area contributed by atoms with Crippen LogP contribution in [-0.4, -0.2) is 35.2 Å². The van der Waals surface area contributed by atoms with Crippen LogP contribution in [0.25, 0.3) is 11.0 Å². The number of hydrogen-bond acceptors (Lipinski definition) is 7. The maximum absolute atomic E-state index is 13.2. The van der Waals surface area contributed by atoms with Gasteiger partial charge in [0.05, 0.1) is 23.5 Å². The lowest BCUT2D eigenvalue weighted by Crippen LogP contribution is -2.44. The summed E-state index contributed by atoms with van der Waals surface area (Å²) in [5, 5.41) is 12.8. The first-order valence-corrected chi connectivity index (χ1v) is 10.4. The largest absolute Gasteiger partial charge is 0.481 e. The molecule has 33 heavy (non-hydrogen) atoms. The van der Waals surface area contributed by atoms with Crippen LogP contribution in [0.2, 0.25) is 5.02 Å². The molecule has 2 aromatic carbocycles. The molecule has 4 rings (SSSR count). The molecule has 0 unspecified atom stereocenters. The van der Waals surface area contributed by atoms with E-state index in [2.05, 4.69) is 20.3 Å². The highest BCUT2D eigenvalue weighted by molar-refractivity contribution is 6.30. The second-order valence-electron chi connectivity index (χ2n) is 7.45. The fourth-order valence-electron chi connectivity index (χ4n) is 3.22. The van der Waals surface area contributed by atoms with Crippen molar-refractivity contribution in [2.24, 2.45) is 5.92 Å². The van der Waals surface area contributed by atoms with Gasteiger partial charge in [0, 0.05) is 29.6 Å². The lowest BCUT2D eigenvalue weighted by Gasteiger charge is -2.16. The van der Waals surface area contributed by atoms with Crippen molar-refractivity contribution in [2.75, 3.05) is 5.32 Å². The predicted molar refractivity (Wildman–Crippen MR) is 123 cm³/mol. The Morgan fingerprint density at radius 1 is 1.06 bits per heavy atom. The van der Waals surface area contributed by atoms with Crippen molar-refractivity contribution in [2.45, 2.75) is 20.0 Å². The predicted octanol–water partition coefficient (Wildman–Crippen LogP) is 2.51. The van der Waals surface area contributed by atoms with E-state index in [1.165, 1.54) is 11.5 Å². The van der Waals surface area contributed by atoms with E-state index in [-0.39, 0.29) is 19.0 Å². The molecule has 0 fully saturated rings. The van der Waals surface area contributed by atoms with Crippen molar-refractivity contribution in [3.63, 3.8) is 0 Å². The first-order valence-electron chi connectivity index (χ1n) is 9.98. The monoisotopic (exact) mass is 466 g/mol. The number of carbonyl (C=O) groups is 1. The molecule has 0 bridgehead atoms. The molecular formula is C22H19ClN6O4. The maximum Gasteiger partial charge on any atom is 0.354 e. The number of aliphatic carboxylic acids is 1. The first-order chi connectivity index (χ1) is 15.8. The Bertz CT molecular complexity index is 1450. The summed E-state index contributed by atoms with van der Waals surface area (Å²) in [6.07, 6.45) is 3.14. The van der Waals surface area contributed by atoms with E-state index < -0.39 is 23.3 Å². The molecule has 0 amide bonds. The molecule has 0 radical (unpaired) electrons. The van der Waals surface area contributed by atoms with Gasteiger partial charge in [-0.2, -0.15) is 4.98 Å². The molecule has 2 N–H and O–H groups in total. The lowest BCUT2D eigenvalue weighted by molar-refractivity contribution is -0.141. The number of anilines is 2. The molecule has 2 aromatic heterocycles. The zero-order chi connectivity index (χ0) is 23.5. The second-order valence-corrected chi connectivity index (χ2v) is 7.88. The van der Waals surface area contributed by atoms with Crippen molar-refractivity contribution in [3.8, 4) is 0 Å². The molecule has 0 aliphatic heterocycles. The highest BCUT2D eigenvalue weighted by Crippen LogP contribution is 2.19. The topological polar surface area (TPSA) is 132 Å². The van der Waals surface area contributed by atoms with Gasteiger partial charge in [-0.15, -0.1) is 0 Å². The van der Waals surface area contributed by atoms with Gasteiger partial charge in [0.1, 0.15) is 0 Å². The summed E-state index contributed by atoms with van der Waals surface area (Å²) in [5.41, 5.74) is 1.08. The van der Waals surface area contributed by atoms with Gasteiger partial charge in [-0.25, -0.2) is 14.2 Å². The number of halogens is 1. The third-order valence-electron chi connectivity index (χ3n) is 5.01. The molecule has 11 heteroatoms. The average molecular weight is 467 g/mol. The highest BCUT2D eigenvalue weighted by atomic mass is 35.5. The van der Waals surface area contributed by atoms with Gasteiger partial charge >= 0.3 is 17.3 Å². The van der Waals surface area contributed by atoms with Crippen LogP contribution in [0.15, 0.2) is 64.4 Å². The average Bonchev–Trinajstić information content (AvgIpc) is 2.80. The smallest absolute Gasteiger partial charge is 0.354 e. The zero-order valence-electron chi connectivity index (χ0n) is 17.5. The molecule has 0 aliphatic carbocycles. The number of hydrogen-bond donors (Lipinski definition) is 2. The molecule has 0 aliphatic rings. The summed E-state index contributed by atoms with van der Waals surface area (Å²) in [4.78, 5) is 49.7. The Morgan fingerprint density at radius 3 is 2.45 bits per heavy atom. The van der Waals surface area contributed by atoms with E-state index in [0.717, 1.165) is 10.1 Å². The number of carboxylic acids is 1. The Hall–Kier alpha value is -4.05. The molecule has 1 atom stereocenters. The van der Waals surface area contributed by atoms with Gasteiger partial charge in [0.25, 0.3) is 0 Å². The summed E-state index contributed by atoms with van der Waals surface area (Å²) in [5.74, 6) is -2.05. The molecule has 2 heterocycles. The number of nitrogens with one attached hydrogen (secondary N) is 1. The van der Waals surface area contributed by atoms with Crippen LogP contribution < -0.4 is 16.7 Å². The summed E-state index contributed by atoms with van der Waals surface area (Å²) < 4.78 is 2.10. The van der Waals surface area contributed by atoms with Gasteiger partial charge in [0.15, 0.2) is 0 Å². The highest BCUT2D eigenvalue weighted by Gasteiger charge is 2.19. The van der Waals surface area contributed by atoms with Crippen molar-refractivity contribution in [1.29, 1.82) is 0 Å². The quantitative estimate of drug-likeness (QED) is 0.424. The van der Waals surface area contributed by atoms with E-state index >= 15 is 0 Å². The van der Waals surface area contributed by atoms with Crippen molar-refractivity contribution in [1.82, 2.24) is 24.1 Å². The van der Waals surface area contributed by atoms with E-state index in [0.29, 0.717) is 21.7 Å². The molecular weight excluding hydrogens is 448 g/mol. The van der Waals surface area contributed by atoms with E-state index in [4.69, 9.17) is 11.6 Å². The van der Waals surface area contributed by atoms with Crippen LogP contribution in [0.5, 0.6) is 0 Å². The van der Waals surface area contributed by atoms with Crippen molar-refractivity contribution >= 4 is 40.2 Å². The molecule has 0 saturated carbocycles. The Morgan fingerprint density at radius 2 is 1.76 bits per heavy atom. The van der Waals surface area contributed by atoms with E-state index in [1.54, 1.807) is 54.9 Å². The minimum Gasteiger partial charge on any atom is -0.481 e. The van der Waals surface area contributed by atoms with Gasteiger partial charge in [-0.1, -0.05) is 30.7 Å². The van der Waals surface area contributed by atoms with Gasteiger partial charge in [-0.3, -0.25) is 19.3 Å². The van der Waals surface area contributed by atoms with Crippen molar-refractivity contribution < 1.29 is 9.90 Å². The van der Waals surface area contributed by atoms with Gasteiger partial charge < -0.3 is 10.4 Å². The standard InChI is InChI=1S/C22H19ClN6O4/c1-13(19(30)31)11-29-21(32)27-20(26-16-6-7-17-18(10-16)25-9-8-24-17)28(22(29)33)12-14-2-4-15(23)5-3-14/h2-10,13H,11-12H2,1H3,(H,30,31)(H,26,27,32)/t13-/m0/s1. The van der Waals surface area contributed by atoms with E-state index in [9.17, 15) is 19.5 Å². The van der Waals surface area contributed by atoms with Crippen LogP contribution in [0.1, 0.15) is 12.5 Å². The fourth-order valence-corrected chi connectivity index (χ4v) is 3.34. The molecule has 0 saturated heterocycles. The SMILES string of the molecule is C[C@@H](Cn1c(=O)nc(Nc2ccc3nccnc3c2)n(Cc2ccc(Cl)cc2)c1=O)C(=O)O. The molecule has 4 aromatic rings. The van der Waals surface area contributed by atoms with E-state index in [1.807, 2.05) is 0 Å². The second kappa shape index (κ2) is 9.21. The summed E-state index contributed by atoms with van der Waals surface area (Å²) in [7, 11) is 0. The fraction of sp³-hybridized carbons (Fsp3) is 0.182. The van der Waals surface area contributed by atoms with Crippen LogP contribution in [0, 0.1) is 5.92 Å². The Labute approximate surface area is 192 Å². The number of fused-ring (bicyclic) bond motifs is 1. The Balaban J connectivity index is 1.79. The van der Waals surface area contributed by atoms with Crippen LogP contribution in [-0.2, 0) is 17.9 Å². The Kier molecular flexibility index (Phi) is 6.18. The van der Waals surface area contributed by atoms with Gasteiger partial charge in [-0.05, 0) is 35.9 Å². The number of benzene rings is 2. The number of aromatic nitrogens is 5. The summed E-state index contributed by atoms with van der Waals surface area (Å²) >= 11 is 5.96. The first kappa shape index (κ1) is 22.2. The minimum atomic E-state index is -1.12. The minimum absolute atomic E-state index is 0.0161. The maximum atomic E-state index is 13.2. The zero-order valence-corrected chi connectivity index (χ0v) is 18.2. The van der Waals surface area contributed by atoms with Crippen LogP contribution >= 0.6 is 11.6 Å². The normalized spacial score (nSPS) is 11.9.